The van der Waals surface area contributed by atoms with Crippen LogP contribution >= 0.6 is 23.2 Å². The molecule has 0 radical (unpaired) electrons. The summed E-state index contributed by atoms with van der Waals surface area (Å²) in [4.78, 5) is 4.08. The van der Waals surface area contributed by atoms with Crippen LogP contribution < -0.4 is 10.1 Å². The van der Waals surface area contributed by atoms with Crippen molar-refractivity contribution in [2.75, 3.05) is 0 Å². The molecule has 0 unspecified atom stereocenters. The van der Waals surface area contributed by atoms with Crippen molar-refractivity contribution in [3.05, 3.63) is 51.9 Å². The Balaban J connectivity index is 2.16. The second-order valence-electron chi connectivity index (χ2n) is 4.83. The number of benzene rings is 1. The maximum Gasteiger partial charge on any atom is 0.219 e. The molecule has 1 aromatic carbocycles. The molecule has 112 valence electrons. The zero-order valence-electron chi connectivity index (χ0n) is 11.7. The number of rotatable bonds is 5. The second kappa shape index (κ2) is 7.07. The Morgan fingerprint density at radius 1 is 1.24 bits per heavy atom. The molecule has 0 saturated heterocycles. The number of ether oxygens (including phenoxy) is 1. The molecule has 0 saturated carbocycles. The van der Waals surface area contributed by atoms with Crippen molar-refractivity contribution in [3.63, 3.8) is 0 Å². The minimum absolute atomic E-state index is 0.0493. The van der Waals surface area contributed by atoms with Gasteiger partial charge >= 0.3 is 0 Å². The molecular formula is C15H15Cl2FN2O. The van der Waals surface area contributed by atoms with E-state index in [4.69, 9.17) is 27.9 Å². The molecule has 1 N–H and O–H groups in total. The fraction of sp³-hybridized carbons (Fsp3) is 0.267. The van der Waals surface area contributed by atoms with Gasteiger partial charge in [-0.2, -0.15) is 0 Å². The summed E-state index contributed by atoms with van der Waals surface area (Å²) in [6.45, 7) is 4.69. The van der Waals surface area contributed by atoms with E-state index in [9.17, 15) is 4.39 Å². The zero-order valence-corrected chi connectivity index (χ0v) is 13.2. The lowest BCUT2D eigenvalue weighted by atomic mass is 10.2. The fourth-order valence-corrected chi connectivity index (χ4v) is 1.91. The highest BCUT2D eigenvalue weighted by Gasteiger charge is 2.08. The van der Waals surface area contributed by atoms with Gasteiger partial charge in [0, 0.05) is 30.9 Å². The lowest BCUT2D eigenvalue weighted by Crippen LogP contribution is -2.22. The van der Waals surface area contributed by atoms with Gasteiger partial charge in [-0.3, -0.25) is 0 Å². The van der Waals surface area contributed by atoms with Gasteiger partial charge in [-0.15, -0.1) is 0 Å². The Bertz CT molecular complexity index is 635. The third-order valence-electron chi connectivity index (χ3n) is 2.72. The molecule has 2 aromatic rings. The Labute approximate surface area is 133 Å². The average molecular weight is 329 g/mol. The molecule has 0 aliphatic carbocycles. The number of hydrogen-bond donors (Lipinski definition) is 1. The van der Waals surface area contributed by atoms with Gasteiger partial charge in [0.15, 0.2) is 0 Å². The summed E-state index contributed by atoms with van der Waals surface area (Å²) in [6, 6.07) is 6.29. The second-order valence-corrected chi connectivity index (χ2v) is 5.64. The van der Waals surface area contributed by atoms with Gasteiger partial charge in [0.1, 0.15) is 11.6 Å². The minimum atomic E-state index is -0.537. The highest BCUT2D eigenvalue weighted by Crippen LogP contribution is 2.26. The summed E-state index contributed by atoms with van der Waals surface area (Å²) in [5, 5.41) is 3.87. The van der Waals surface area contributed by atoms with E-state index in [2.05, 4.69) is 10.3 Å². The van der Waals surface area contributed by atoms with Crippen LogP contribution in [0.5, 0.6) is 11.6 Å². The smallest absolute Gasteiger partial charge is 0.219 e. The molecule has 0 spiro atoms. The molecule has 0 amide bonds. The lowest BCUT2D eigenvalue weighted by Gasteiger charge is -2.11. The third-order valence-corrected chi connectivity index (χ3v) is 3.37. The van der Waals surface area contributed by atoms with Crippen molar-refractivity contribution in [2.45, 2.75) is 26.4 Å². The highest BCUT2D eigenvalue weighted by atomic mass is 35.5. The van der Waals surface area contributed by atoms with E-state index in [1.165, 1.54) is 18.3 Å². The molecule has 0 aliphatic heterocycles. The number of hydrogen-bond acceptors (Lipinski definition) is 3. The molecule has 0 atom stereocenters. The van der Waals surface area contributed by atoms with Crippen molar-refractivity contribution < 1.29 is 9.13 Å². The van der Waals surface area contributed by atoms with E-state index in [1.807, 2.05) is 13.8 Å². The summed E-state index contributed by atoms with van der Waals surface area (Å²) in [7, 11) is 0. The van der Waals surface area contributed by atoms with Gasteiger partial charge in [-0.25, -0.2) is 9.37 Å². The largest absolute Gasteiger partial charge is 0.439 e. The van der Waals surface area contributed by atoms with Crippen LogP contribution in [0.2, 0.25) is 10.0 Å². The van der Waals surface area contributed by atoms with E-state index in [0.29, 0.717) is 29.2 Å². The van der Waals surface area contributed by atoms with Gasteiger partial charge in [-0.1, -0.05) is 37.0 Å². The minimum Gasteiger partial charge on any atom is -0.439 e. The monoisotopic (exact) mass is 328 g/mol. The highest BCUT2D eigenvalue weighted by molar-refractivity contribution is 6.31. The Hall–Kier alpha value is -1.36. The first-order valence-electron chi connectivity index (χ1n) is 6.46. The maximum atomic E-state index is 13.4. The number of pyridine rings is 1. The Morgan fingerprint density at radius 3 is 2.67 bits per heavy atom. The Morgan fingerprint density at radius 2 is 2.00 bits per heavy atom. The normalized spacial score (nSPS) is 11.0. The first kappa shape index (κ1) is 16.0. The number of nitrogens with one attached hydrogen (secondary N) is 1. The van der Waals surface area contributed by atoms with Crippen molar-refractivity contribution in [1.82, 2.24) is 10.3 Å². The number of aromatic nitrogens is 1. The molecule has 0 aliphatic rings. The molecule has 1 heterocycles. The summed E-state index contributed by atoms with van der Waals surface area (Å²) in [6.07, 6.45) is 1.51. The Kier molecular flexibility index (Phi) is 5.39. The SMILES string of the molecule is CC(C)NCc1cc(Oc2ccc(Cl)c(F)c2)ncc1Cl. The number of nitrogens with zero attached hydrogens (tertiary/aromatic N) is 1. The van der Waals surface area contributed by atoms with Crippen molar-refractivity contribution in [3.8, 4) is 11.6 Å². The maximum absolute atomic E-state index is 13.4. The van der Waals surface area contributed by atoms with Gasteiger partial charge in [0.25, 0.3) is 0 Å². The van der Waals surface area contributed by atoms with E-state index in [-0.39, 0.29) is 5.02 Å². The fourth-order valence-electron chi connectivity index (χ4n) is 1.62. The molecular weight excluding hydrogens is 314 g/mol. The topological polar surface area (TPSA) is 34.1 Å². The van der Waals surface area contributed by atoms with E-state index >= 15 is 0 Å². The van der Waals surface area contributed by atoms with E-state index in [1.54, 1.807) is 12.1 Å². The predicted octanol–water partition coefficient (Wildman–Crippen LogP) is 4.82. The van der Waals surface area contributed by atoms with Crippen LogP contribution in [0.4, 0.5) is 4.39 Å². The molecule has 21 heavy (non-hydrogen) atoms. The van der Waals surface area contributed by atoms with Crippen molar-refractivity contribution in [1.29, 1.82) is 0 Å². The van der Waals surface area contributed by atoms with Crippen LogP contribution in [-0.2, 0) is 6.54 Å². The third kappa shape index (κ3) is 4.56. The summed E-state index contributed by atoms with van der Waals surface area (Å²) in [5.74, 6) is 0.140. The summed E-state index contributed by atoms with van der Waals surface area (Å²) >= 11 is 11.7. The van der Waals surface area contributed by atoms with Gasteiger partial charge in [0.2, 0.25) is 5.88 Å². The van der Waals surface area contributed by atoms with Crippen molar-refractivity contribution >= 4 is 23.2 Å². The van der Waals surface area contributed by atoms with Crippen LogP contribution in [0, 0.1) is 5.82 Å². The molecule has 6 heteroatoms. The van der Waals surface area contributed by atoms with E-state index in [0.717, 1.165) is 5.56 Å². The summed E-state index contributed by atoms with van der Waals surface area (Å²) < 4.78 is 18.9. The van der Waals surface area contributed by atoms with Crippen molar-refractivity contribution in [2.24, 2.45) is 0 Å². The lowest BCUT2D eigenvalue weighted by molar-refractivity contribution is 0.456. The molecule has 0 bridgehead atoms. The molecule has 3 nitrogen and oxygen atoms in total. The van der Waals surface area contributed by atoms with Gasteiger partial charge in [-0.05, 0) is 17.7 Å². The first-order chi connectivity index (χ1) is 9.95. The number of halogens is 3. The molecule has 1 aromatic heterocycles. The van der Waals surface area contributed by atoms with Crippen LogP contribution in [0.3, 0.4) is 0 Å². The molecule has 2 rings (SSSR count). The van der Waals surface area contributed by atoms with E-state index < -0.39 is 5.82 Å². The van der Waals surface area contributed by atoms with Crippen LogP contribution in [0.1, 0.15) is 19.4 Å². The van der Waals surface area contributed by atoms with Gasteiger partial charge in [0.05, 0.1) is 10.0 Å². The zero-order chi connectivity index (χ0) is 15.4. The predicted molar refractivity (Wildman–Crippen MR) is 82.7 cm³/mol. The van der Waals surface area contributed by atoms with Crippen LogP contribution in [-0.4, -0.2) is 11.0 Å². The quantitative estimate of drug-likeness (QED) is 0.854. The van der Waals surface area contributed by atoms with Crippen LogP contribution in [0.25, 0.3) is 0 Å². The van der Waals surface area contributed by atoms with Gasteiger partial charge < -0.3 is 10.1 Å². The van der Waals surface area contributed by atoms with Crippen LogP contribution in [0.15, 0.2) is 30.5 Å². The standard InChI is InChI=1S/C15H15Cl2FN2O/c1-9(2)19-7-10-5-15(20-8-13(10)17)21-11-3-4-12(16)14(18)6-11/h3-6,8-9,19H,7H2,1-2H3. The average Bonchev–Trinajstić information content (AvgIpc) is 2.43. The molecule has 0 fully saturated rings. The summed E-state index contributed by atoms with van der Waals surface area (Å²) in [5.41, 5.74) is 0.866. The first-order valence-corrected chi connectivity index (χ1v) is 7.22.